The Balaban J connectivity index is 1.56. The second-order valence-corrected chi connectivity index (χ2v) is 6.94. The first kappa shape index (κ1) is 17.9. The fourth-order valence-electron chi connectivity index (χ4n) is 3.33. The van der Waals surface area contributed by atoms with Gasteiger partial charge in [-0.05, 0) is 31.2 Å². The second kappa shape index (κ2) is 7.66. The van der Waals surface area contributed by atoms with Crippen LogP contribution in [-0.4, -0.2) is 44.4 Å². The smallest absolute Gasteiger partial charge is 0.269 e. The van der Waals surface area contributed by atoms with E-state index < -0.39 is 12.2 Å². The van der Waals surface area contributed by atoms with Crippen molar-refractivity contribution in [2.75, 3.05) is 36.5 Å². The summed E-state index contributed by atoms with van der Waals surface area (Å²) in [6, 6.07) is 12.8. The number of benzene rings is 2. The normalized spacial score (nSPS) is 21.6. The molecule has 0 aliphatic carbocycles. The number of anilines is 2. The number of carbonyl (C=O) groups is 1. The Bertz CT molecular complexity index is 838. The summed E-state index contributed by atoms with van der Waals surface area (Å²) < 4.78 is 17.1. The highest BCUT2D eigenvalue weighted by Gasteiger charge is 2.34. The van der Waals surface area contributed by atoms with Crippen molar-refractivity contribution in [3.8, 4) is 11.5 Å². The van der Waals surface area contributed by atoms with Gasteiger partial charge in [0.25, 0.3) is 5.91 Å². The number of hydrogen-bond donors (Lipinski definition) is 1. The Morgan fingerprint density at radius 3 is 2.52 bits per heavy atom. The highest BCUT2D eigenvalue weighted by atomic mass is 35.5. The van der Waals surface area contributed by atoms with Gasteiger partial charge >= 0.3 is 0 Å². The summed E-state index contributed by atoms with van der Waals surface area (Å²) in [5.41, 5.74) is 1.46. The van der Waals surface area contributed by atoms with E-state index in [-0.39, 0.29) is 5.91 Å². The van der Waals surface area contributed by atoms with Gasteiger partial charge in [-0.2, -0.15) is 0 Å². The lowest BCUT2D eigenvalue weighted by molar-refractivity contribution is -0.128. The van der Waals surface area contributed by atoms with Crippen LogP contribution in [0.5, 0.6) is 11.5 Å². The van der Waals surface area contributed by atoms with E-state index in [0.29, 0.717) is 35.4 Å². The van der Waals surface area contributed by atoms with E-state index >= 15 is 0 Å². The molecule has 1 saturated heterocycles. The van der Waals surface area contributed by atoms with Crippen LogP contribution in [0.3, 0.4) is 0 Å². The fraction of sp³-hybridized carbons (Fsp3) is 0.350. The number of rotatable bonds is 3. The van der Waals surface area contributed by atoms with Crippen molar-refractivity contribution >= 4 is 28.9 Å². The molecule has 2 aromatic carbocycles. The third kappa shape index (κ3) is 3.68. The van der Waals surface area contributed by atoms with Gasteiger partial charge in [0.05, 0.1) is 29.6 Å². The number of morpholine rings is 1. The number of amides is 1. The number of hydrogen-bond acceptors (Lipinski definition) is 5. The summed E-state index contributed by atoms with van der Waals surface area (Å²) in [5, 5.41) is 3.56. The van der Waals surface area contributed by atoms with E-state index in [1.54, 1.807) is 6.07 Å². The van der Waals surface area contributed by atoms with Crippen molar-refractivity contribution in [2.24, 2.45) is 0 Å². The van der Waals surface area contributed by atoms with Gasteiger partial charge < -0.3 is 24.4 Å². The molecule has 142 valence electrons. The summed E-state index contributed by atoms with van der Waals surface area (Å²) in [4.78, 5) is 15.1. The number of halogens is 1. The molecular formula is C20H21ClN2O4. The third-order valence-corrected chi connectivity index (χ3v) is 4.98. The van der Waals surface area contributed by atoms with Gasteiger partial charge in [0.2, 0.25) is 6.10 Å². The Hall–Kier alpha value is -2.44. The largest absolute Gasteiger partial charge is 0.482 e. The SMILES string of the molecule is C[C@@H]1Oc2ccccc2O[C@H]1C(=O)Nc1cccc(Cl)c1N1CCOCC1. The molecule has 1 N–H and O–H groups in total. The summed E-state index contributed by atoms with van der Waals surface area (Å²) in [6.07, 6.45) is -1.16. The molecule has 2 atom stereocenters. The van der Waals surface area contributed by atoms with E-state index in [0.717, 1.165) is 18.8 Å². The van der Waals surface area contributed by atoms with Crippen molar-refractivity contribution in [1.29, 1.82) is 0 Å². The summed E-state index contributed by atoms with van der Waals surface area (Å²) in [7, 11) is 0. The van der Waals surface area contributed by atoms with Crippen LogP contribution in [0, 0.1) is 0 Å². The maximum atomic E-state index is 12.9. The zero-order valence-electron chi connectivity index (χ0n) is 15.0. The first-order valence-corrected chi connectivity index (χ1v) is 9.35. The number of para-hydroxylation sites is 3. The second-order valence-electron chi connectivity index (χ2n) is 6.53. The van der Waals surface area contributed by atoms with Crippen LogP contribution in [0.2, 0.25) is 5.02 Å². The first-order valence-electron chi connectivity index (χ1n) is 8.98. The summed E-state index contributed by atoms with van der Waals surface area (Å²) in [6.45, 7) is 4.53. The van der Waals surface area contributed by atoms with Crippen molar-refractivity contribution in [3.05, 3.63) is 47.5 Å². The molecule has 4 rings (SSSR count). The minimum atomic E-state index is -0.753. The van der Waals surface area contributed by atoms with E-state index in [2.05, 4.69) is 10.2 Å². The molecule has 1 amide bonds. The van der Waals surface area contributed by atoms with Gasteiger partial charge in [0, 0.05) is 13.1 Å². The van der Waals surface area contributed by atoms with Crippen molar-refractivity contribution in [2.45, 2.75) is 19.1 Å². The van der Waals surface area contributed by atoms with Crippen LogP contribution in [0.4, 0.5) is 11.4 Å². The quantitative estimate of drug-likeness (QED) is 0.873. The van der Waals surface area contributed by atoms with Crippen molar-refractivity contribution < 1.29 is 19.0 Å². The lowest BCUT2D eigenvalue weighted by Crippen LogP contribution is -2.46. The van der Waals surface area contributed by atoms with E-state index in [4.69, 9.17) is 25.8 Å². The average Bonchev–Trinajstić information content (AvgIpc) is 2.68. The Morgan fingerprint density at radius 2 is 1.78 bits per heavy atom. The van der Waals surface area contributed by atoms with Gasteiger partial charge in [-0.1, -0.05) is 29.8 Å². The zero-order valence-corrected chi connectivity index (χ0v) is 15.7. The maximum absolute atomic E-state index is 12.9. The topological polar surface area (TPSA) is 60.0 Å². The van der Waals surface area contributed by atoms with E-state index in [1.807, 2.05) is 43.3 Å². The van der Waals surface area contributed by atoms with Gasteiger partial charge in [-0.25, -0.2) is 0 Å². The Kier molecular flexibility index (Phi) is 5.09. The number of carbonyl (C=O) groups excluding carboxylic acids is 1. The standard InChI is InChI=1S/C20H21ClN2O4/c1-13-19(27-17-8-3-2-7-16(17)26-13)20(24)22-15-6-4-5-14(21)18(15)23-9-11-25-12-10-23/h2-8,13,19H,9-12H2,1H3,(H,22,24)/t13-,19+/m0/s1. The molecule has 0 radical (unpaired) electrons. The van der Waals surface area contributed by atoms with Crippen molar-refractivity contribution in [3.63, 3.8) is 0 Å². The molecule has 2 aromatic rings. The summed E-state index contributed by atoms with van der Waals surface area (Å²) >= 11 is 6.44. The number of ether oxygens (including phenoxy) is 3. The Labute approximate surface area is 163 Å². The molecule has 0 spiro atoms. The molecule has 2 heterocycles. The van der Waals surface area contributed by atoms with Crippen LogP contribution >= 0.6 is 11.6 Å². The lowest BCUT2D eigenvalue weighted by Gasteiger charge is -2.33. The van der Waals surface area contributed by atoms with Crippen LogP contribution in [0.25, 0.3) is 0 Å². The highest BCUT2D eigenvalue weighted by molar-refractivity contribution is 6.34. The Morgan fingerprint density at radius 1 is 1.07 bits per heavy atom. The van der Waals surface area contributed by atoms with Crippen LogP contribution in [0.1, 0.15) is 6.92 Å². The first-order chi connectivity index (χ1) is 13.1. The van der Waals surface area contributed by atoms with Gasteiger partial charge in [0.15, 0.2) is 11.5 Å². The molecule has 0 bridgehead atoms. The molecule has 1 fully saturated rings. The van der Waals surface area contributed by atoms with Gasteiger partial charge in [-0.15, -0.1) is 0 Å². The van der Waals surface area contributed by atoms with Crippen LogP contribution < -0.4 is 19.7 Å². The average molecular weight is 389 g/mol. The molecule has 0 unspecified atom stereocenters. The number of nitrogens with zero attached hydrogens (tertiary/aromatic N) is 1. The predicted molar refractivity (Wildman–Crippen MR) is 104 cm³/mol. The van der Waals surface area contributed by atoms with Crippen molar-refractivity contribution in [1.82, 2.24) is 0 Å². The monoisotopic (exact) mass is 388 g/mol. The predicted octanol–water partition coefficient (Wildman–Crippen LogP) is 3.34. The molecular weight excluding hydrogens is 368 g/mol. The van der Waals surface area contributed by atoms with Crippen LogP contribution in [0.15, 0.2) is 42.5 Å². The molecule has 2 aliphatic heterocycles. The molecule has 6 nitrogen and oxygen atoms in total. The third-order valence-electron chi connectivity index (χ3n) is 4.67. The van der Waals surface area contributed by atoms with Gasteiger partial charge in [-0.3, -0.25) is 4.79 Å². The molecule has 0 aromatic heterocycles. The minimum Gasteiger partial charge on any atom is -0.482 e. The number of nitrogens with one attached hydrogen (secondary N) is 1. The molecule has 7 heteroatoms. The van der Waals surface area contributed by atoms with Gasteiger partial charge in [0.1, 0.15) is 6.10 Å². The zero-order chi connectivity index (χ0) is 18.8. The van der Waals surface area contributed by atoms with E-state index in [1.165, 1.54) is 0 Å². The lowest BCUT2D eigenvalue weighted by atomic mass is 10.1. The minimum absolute atomic E-state index is 0.270. The molecule has 0 saturated carbocycles. The highest BCUT2D eigenvalue weighted by Crippen LogP contribution is 2.36. The van der Waals surface area contributed by atoms with E-state index in [9.17, 15) is 4.79 Å². The molecule has 2 aliphatic rings. The maximum Gasteiger partial charge on any atom is 0.269 e. The summed E-state index contributed by atoms with van der Waals surface area (Å²) in [5.74, 6) is 0.940. The van der Waals surface area contributed by atoms with Crippen LogP contribution in [-0.2, 0) is 9.53 Å². The number of fused-ring (bicyclic) bond motifs is 1. The molecule has 27 heavy (non-hydrogen) atoms. The fourth-order valence-corrected chi connectivity index (χ4v) is 3.63.